The van der Waals surface area contributed by atoms with Gasteiger partial charge in [0, 0.05) is 18.7 Å². The van der Waals surface area contributed by atoms with Gasteiger partial charge in [-0.05, 0) is 6.42 Å². The quantitative estimate of drug-likeness (QED) is 0.227. The first kappa shape index (κ1) is 25.3. The van der Waals surface area contributed by atoms with E-state index in [9.17, 15) is 33.3 Å². The second kappa shape index (κ2) is 8.87. The van der Waals surface area contributed by atoms with Crippen LogP contribution in [0.5, 0.6) is 0 Å². The first-order chi connectivity index (χ1) is 13.6. The summed E-state index contributed by atoms with van der Waals surface area (Å²) in [5.74, 6) is 0. The maximum absolute atomic E-state index is 12.1. The van der Waals surface area contributed by atoms with Crippen molar-refractivity contribution in [2.24, 2.45) is 0 Å². The lowest BCUT2D eigenvalue weighted by atomic mass is 10.0. The third-order valence-electron chi connectivity index (χ3n) is 3.96. The van der Waals surface area contributed by atoms with E-state index < -0.39 is 59.3 Å². The van der Waals surface area contributed by atoms with Crippen LogP contribution < -0.4 is 11.2 Å². The molecule has 2 unspecified atom stereocenters. The minimum absolute atomic E-state index is 0.127. The summed E-state index contributed by atoms with van der Waals surface area (Å²) in [6.07, 6.45) is -1.58. The highest BCUT2D eigenvalue weighted by Crippen LogP contribution is 2.66. The zero-order chi connectivity index (χ0) is 23.0. The van der Waals surface area contributed by atoms with Crippen molar-refractivity contribution in [2.75, 3.05) is 6.61 Å². The van der Waals surface area contributed by atoms with E-state index in [1.807, 2.05) is 4.98 Å². The second-order valence-electron chi connectivity index (χ2n) is 6.09. The molecule has 0 radical (unpaired) electrons. The monoisotopic (exact) mass is 496 g/mol. The SMILES string of the molecule is CC[C@]1(n2ccc(=O)[nH]c2=O)C[C@H](O)[C@@H](COP(=O)(O)OP(=O)(O)OP(=O)(O)O)O1. The van der Waals surface area contributed by atoms with Crippen molar-refractivity contribution in [3.8, 4) is 0 Å². The van der Waals surface area contributed by atoms with E-state index in [0.29, 0.717) is 0 Å². The van der Waals surface area contributed by atoms with Crippen LogP contribution in [-0.2, 0) is 37.3 Å². The van der Waals surface area contributed by atoms with Crippen molar-refractivity contribution in [1.82, 2.24) is 9.55 Å². The Labute approximate surface area is 167 Å². The number of aliphatic hydroxyl groups excluding tert-OH is 1. The Balaban J connectivity index is 2.11. The minimum Gasteiger partial charge on any atom is -0.390 e. The Morgan fingerprint density at radius 3 is 2.37 bits per heavy atom. The highest BCUT2D eigenvalue weighted by atomic mass is 31.3. The van der Waals surface area contributed by atoms with Gasteiger partial charge in [0.15, 0.2) is 5.72 Å². The zero-order valence-corrected chi connectivity index (χ0v) is 17.8. The number of nitrogens with zero attached hydrogens (tertiary/aromatic N) is 1. The van der Waals surface area contributed by atoms with Crippen LogP contribution in [0.4, 0.5) is 0 Å². The number of nitrogens with one attached hydrogen (secondary N) is 1. The molecule has 1 aliphatic heterocycles. The molecule has 0 aromatic carbocycles. The molecule has 5 atom stereocenters. The number of hydrogen-bond donors (Lipinski definition) is 6. The summed E-state index contributed by atoms with van der Waals surface area (Å²) in [5, 5.41) is 10.2. The van der Waals surface area contributed by atoms with Gasteiger partial charge in [-0.1, -0.05) is 6.92 Å². The molecule has 0 amide bonds. The molecule has 6 N–H and O–H groups in total. The number of H-pyrrole nitrogens is 1. The van der Waals surface area contributed by atoms with Gasteiger partial charge in [0.05, 0.1) is 12.7 Å². The van der Waals surface area contributed by atoms with Crippen molar-refractivity contribution in [1.29, 1.82) is 0 Å². The van der Waals surface area contributed by atoms with E-state index in [2.05, 4.69) is 13.1 Å². The van der Waals surface area contributed by atoms with Gasteiger partial charge in [0.1, 0.15) is 6.10 Å². The van der Waals surface area contributed by atoms with E-state index >= 15 is 0 Å². The fourth-order valence-electron chi connectivity index (χ4n) is 2.77. The van der Waals surface area contributed by atoms with Crippen molar-refractivity contribution < 1.29 is 56.3 Å². The van der Waals surface area contributed by atoms with Crippen molar-refractivity contribution in [3.63, 3.8) is 0 Å². The number of ether oxygens (including phenoxy) is 1. The van der Waals surface area contributed by atoms with Crippen LogP contribution in [0.3, 0.4) is 0 Å². The molecule has 0 bridgehead atoms. The van der Waals surface area contributed by atoms with Crippen molar-refractivity contribution >= 4 is 23.5 Å². The summed E-state index contributed by atoms with van der Waals surface area (Å²) in [4.78, 5) is 60.9. The van der Waals surface area contributed by atoms with Crippen LogP contribution in [0.2, 0.25) is 0 Å². The largest absolute Gasteiger partial charge is 0.490 e. The molecule has 16 nitrogen and oxygen atoms in total. The number of rotatable bonds is 9. The van der Waals surface area contributed by atoms with Gasteiger partial charge < -0.3 is 29.4 Å². The molecule has 172 valence electrons. The van der Waals surface area contributed by atoms with E-state index in [4.69, 9.17) is 19.4 Å². The fourth-order valence-corrected chi connectivity index (χ4v) is 5.80. The van der Waals surface area contributed by atoms with Crippen LogP contribution in [-0.4, -0.2) is 53.0 Å². The molecule has 1 aromatic heterocycles. The number of aromatic nitrogens is 2. The van der Waals surface area contributed by atoms with E-state index in [0.717, 1.165) is 16.8 Å². The molecule has 19 heteroatoms. The molecule has 0 saturated carbocycles. The molecule has 2 heterocycles. The smallest absolute Gasteiger partial charge is 0.390 e. The van der Waals surface area contributed by atoms with E-state index in [1.54, 1.807) is 6.92 Å². The topological polar surface area (TPSA) is 244 Å². The molecule has 1 aromatic rings. The molecule has 2 rings (SSSR count). The number of aromatic amines is 1. The molecule has 30 heavy (non-hydrogen) atoms. The Hall–Kier alpha value is -0.990. The highest BCUT2D eigenvalue weighted by Gasteiger charge is 2.48. The van der Waals surface area contributed by atoms with Crippen molar-refractivity contribution in [3.05, 3.63) is 33.1 Å². The third-order valence-corrected chi connectivity index (χ3v) is 7.76. The summed E-state index contributed by atoms with van der Waals surface area (Å²) in [6.45, 7) is 0.722. The third kappa shape index (κ3) is 6.50. The predicted molar refractivity (Wildman–Crippen MR) is 94.9 cm³/mol. The van der Waals surface area contributed by atoms with Gasteiger partial charge in [-0.25, -0.2) is 18.5 Å². The number of aliphatic hydroxyl groups is 1. The average molecular weight is 496 g/mol. The van der Waals surface area contributed by atoms with Crippen LogP contribution in [0.1, 0.15) is 19.8 Å². The second-order valence-corrected chi connectivity index (χ2v) is 10.5. The summed E-state index contributed by atoms with van der Waals surface area (Å²) in [5.41, 5.74) is -2.93. The summed E-state index contributed by atoms with van der Waals surface area (Å²) in [6, 6.07) is 1.05. The first-order valence-corrected chi connectivity index (χ1v) is 12.6. The molecular weight excluding hydrogens is 477 g/mol. The Morgan fingerprint density at radius 1 is 1.20 bits per heavy atom. The Kier molecular flexibility index (Phi) is 7.47. The van der Waals surface area contributed by atoms with E-state index in [-0.39, 0.29) is 12.8 Å². The minimum atomic E-state index is -5.69. The first-order valence-electron chi connectivity index (χ1n) is 8.05. The van der Waals surface area contributed by atoms with Gasteiger partial charge in [0.2, 0.25) is 0 Å². The predicted octanol–water partition coefficient (Wildman–Crippen LogP) is -0.907. The lowest BCUT2D eigenvalue weighted by Crippen LogP contribution is -2.43. The molecule has 0 aliphatic carbocycles. The maximum atomic E-state index is 12.1. The van der Waals surface area contributed by atoms with Crippen LogP contribution in [0, 0.1) is 0 Å². The van der Waals surface area contributed by atoms with E-state index in [1.165, 1.54) is 0 Å². The van der Waals surface area contributed by atoms with Gasteiger partial charge in [-0.3, -0.25) is 18.9 Å². The summed E-state index contributed by atoms with van der Waals surface area (Å²) < 4.78 is 51.9. The standard InChI is InChI=1S/C11H19N2O14P3/c1-2-11(13-4-3-9(15)12-10(13)16)5-7(14)8(25-11)6-24-29(20,21)27-30(22,23)26-28(17,18)19/h3-4,7-8,14H,2,5-6H2,1H3,(H,20,21)(H,22,23)(H,12,15,16)(H2,17,18,19)/t7-,8+,11+/m0/s1. The zero-order valence-electron chi connectivity index (χ0n) is 15.1. The molecule has 1 saturated heterocycles. The molecule has 1 fully saturated rings. The lowest BCUT2D eigenvalue weighted by Gasteiger charge is -2.29. The van der Waals surface area contributed by atoms with Gasteiger partial charge in [-0.15, -0.1) is 0 Å². The van der Waals surface area contributed by atoms with Gasteiger partial charge >= 0.3 is 29.2 Å². The fraction of sp³-hybridized carbons (Fsp3) is 0.636. The van der Waals surface area contributed by atoms with Crippen molar-refractivity contribution in [2.45, 2.75) is 37.7 Å². The normalized spacial score (nSPS) is 28.7. The Bertz CT molecular complexity index is 1030. The summed E-state index contributed by atoms with van der Waals surface area (Å²) >= 11 is 0. The van der Waals surface area contributed by atoms with Crippen LogP contribution in [0.15, 0.2) is 21.9 Å². The highest BCUT2D eigenvalue weighted by molar-refractivity contribution is 7.66. The number of phosphoric acid groups is 3. The average Bonchev–Trinajstić information content (AvgIpc) is 2.86. The van der Waals surface area contributed by atoms with Gasteiger partial charge in [-0.2, -0.15) is 8.62 Å². The van der Waals surface area contributed by atoms with Gasteiger partial charge in [0.25, 0.3) is 5.56 Å². The number of hydrogen-bond acceptors (Lipinski definition) is 10. The Morgan fingerprint density at radius 2 is 1.83 bits per heavy atom. The maximum Gasteiger partial charge on any atom is 0.490 e. The molecular formula is C11H19N2O14P3. The lowest BCUT2D eigenvalue weighted by molar-refractivity contribution is -0.120. The van der Waals surface area contributed by atoms with Crippen LogP contribution >= 0.6 is 23.5 Å². The number of phosphoric ester groups is 1. The molecule has 0 spiro atoms. The van der Waals surface area contributed by atoms with Crippen LogP contribution in [0.25, 0.3) is 0 Å². The summed E-state index contributed by atoms with van der Waals surface area (Å²) in [7, 11) is -16.6. The molecule has 1 aliphatic rings.